The van der Waals surface area contributed by atoms with Crippen LogP contribution in [0.1, 0.15) is 5.56 Å². The fraction of sp³-hybridized carbons (Fsp3) is 0.222. The van der Waals surface area contributed by atoms with Crippen LogP contribution in [0.25, 0.3) is 0 Å². The van der Waals surface area contributed by atoms with Crippen molar-refractivity contribution in [1.29, 1.82) is 5.41 Å². The van der Waals surface area contributed by atoms with E-state index in [0.29, 0.717) is 6.54 Å². The molecule has 4 radical (unpaired) electrons. The summed E-state index contributed by atoms with van der Waals surface area (Å²) in [6.07, 6.45) is 0. The van der Waals surface area contributed by atoms with Gasteiger partial charge in [0.15, 0.2) is 5.96 Å². The molecule has 22 heavy (non-hydrogen) atoms. The van der Waals surface area contributed by atoms with Crippen molar-refractivity contribution in [3.05, 3.63) is 35.9 Å². The summed E-state index contributed by atoms with van der Waals surface area (Å²) in [4.78, 5) is 0. The molecule has 0 saturated heterocycles. The van der Waals surface area contributed by atoms with Crippen LogP contribution in [0, 0.1) is 5.41 Å². The Labute approximate surface area is 273 Å². The first-order valence-corrected chi connectivity index (χ1v) is 4.08. The zero-order valence-electron chi connectivity index (χ0n) is 11.6. The first kappa shape index (κ1) is 63.3. The van der Waals surface area contributed by atoms with E-state index in [9.17, 15) is 0 Å². The van der Waals surface area contributed by atoms with Gasteiger partial charge in [0.25, 0.3) is 0 Å². The van der Waals surface area contributed by atoms with Crippen LogP contribution in [0.2, 0.25) is 0 Å². The van der Waals surface area contributed by atoms with Gasteiger partial charge in [0.05, 0.1) is 0 Å². The average molecular weight is 1300 g/mol. The van der Waals surface area contributed by atoms with Crippen LogP contribution in [0.5, 0.6) is 0 Å². The van der Waals surface area contributed by atoms with E-state index in [-0.39, 0.29) is 201 Å². The Hall–Kier alpha value is 4.44. The summed E-state index contributed by atoms with van der Waals surface area (Å²) in [7, 11) is 1.50. The van der Waals surface area contributed by atoms with Crippen LogP contribution in [-0.2, 0) is 6.54 Å². The summed E-state index contributed by atoms with van der Waals surface area (Å²) in [6, 6.07) is 9.99. The molecular formula is C9H22I7N5Pb-4. The van der Waals surface area contributed by atoms with Gasteiger partial charge < -0.3 is 119 Å². The molecule has 1 rings (SSSR count). The molecule has 1 aromatic rings. The Morgan fingerprint density at radius 2 is 1.09 bits per heavy atom. The van der Waals surface area contributed by atoms with Gasteiger partial charge in [-0.3, -0.25) is 5.41 Å². The molecule has 0 heterocycles. The van der Waals surface area contributed by atoms with E-state index in [1.54, 1.807) is 0 Å². The van der Waals surface area contributed by atoms with Gasteiger partial charge in [-0.25, -0.2) is 0 Å². The van der Waals surface area contributed by atoms with Gasteiger partial charge in [-0.1, -0.05) is 30.3 Å². The molecular weight excluding hydrogens is 1270 g/mol. The molecule has 140 valence electrons. The van der Waals surface area contributed by atoms with Crippen molar-refractivity contribution < 1.29 is 95.9 Å². The number of hydrogen-bond acceptors (Lipinski definition) is 3. The van der Waals surface area contributed by atoms with Crippen molar-refractivity contribution in [2.24, 2.45) is 22.9 Å². The second kappa shape index (κ2) is 56.2. The topological polar surface area (TPSA) is 128 Å². The van der Waals surface area contributed by atoms with Crippen LogP contribution >= 0.6 is 71.9 Å². The van der Waals surface area contributed by atoms with Crippen molar-refractivity contribution in [3.63, 3.8) is 0 Å². The average Bonchev–Trinajstić information content (AvgIpc) is 2.21. The Morgan fingerprint density at radius 1 is 0.864 bits per heavy atom. The molecule has 0 saturated carbocycles. The molecule has 0 bridgehead atoms. The van der Waals surface area contributed by atoms with E-state index in [1.807, 2.05) is 30.3 Å². The van der Waals surface area contributed by atoms with Crippen LogP contribution in [0.15, 0.2) is 30.3 Å². The minimum atomic E-state index is -0.333. The van der Waals surface area contributed by atoms with Gasteiger partial charge in [-0.2, -0.15) is 0 Å². The predicted molar refractivity (Wildman–Crippen MR) is 113 cm³/mol. The van der Waals surface area contributed by atoms with Crippen molar-refractivity contribution >= 4 is 105 Å². The molecule has 0 aliphatic rings. The van der Waals surface area contributed by atoms with E-state index >= 15 is 0 Å². The van der Waals surface area contributed by atoms with Crippen molar-refractivity contribution in [2.45, 2.75) is 6.54 Å². The maximum atomic E-state index is 6.06. The molecule has 0 spiro atoms. The van der Waals surface area contributed by atoms with Gasteiger partial charge in [0, 0.05) is 33.8 Å². The first-order valence-electron chi connectivity index (χ1n) is 4.08. The molecule has 0 aliphatic heterocycles. The molecule has 0 amide bonds. The summed E-state index contributed by atoms with van der Waals surface area (Å²) < 4.78 is 0. The van der Waals surface area contributed by atoms with Crippen molar-refractivity contribution in [3.8, 4) is 0 Å². The molecule has 9 N–H and O–H groups in total. The predicted octanol–water partition coefficient (Wildman–Crippen LogP) is -11.0. The molecule has 1 aromatic carbocycles. The van der Waals surface area contributed by atoms with Crippen LogP contribution in [0.4, 0.5) is 0 Å². The van der Waals surface area contributed by atoms with Gasteiger partial charge >= 0.3 is 0 Å². The van der Waals surface area contributed by atoms with Gasteiger partial charge in [-0.15, -0.1) is 71.9 Å². The number of halogens is 7. The third-order valence-corrected chi connectivity index (χ3v) is 1.08. The van der Waals surface area contributed by atoms with E-state index in [0.717, 1.165) is 0 Å². The van der Waals surface area contributed by atoms with Crippen molar-refractivity contribution in [1.82, 2.24) is 0 Å². The minimum Gasteiger partial charge on any atom is -1.00 e. The normalized spacial score (nSPS) is 4.68. The number of benzene rings is 1. The SMILES string of the molecule is CN.I.I.I.N=C(N)N.NCc1ccccc1.[I-].[I-].[I-].[I-].[Pb]. The molecule has 0 aromatic heterocycles. The zero-order valence-corrected chi connectivity index (χ0v) is 31.1. The number of guanidine groups is 1. The van der Waals surface area contributed by atoms with Crippen molar-refractivity contribution in [2.75, 3.05) is 7.05 Å². The maximum Gasteiger partial charge on any atom is 0.183 e. The number of nitrogens with two attached hydrogens (primary N) is 4. The third-order valence-electron chi connectivity index (χ3n) is 1.08. The maximum absolute atomic E-state index is 6.06. The van der Waals surface area contributed by atoms with Gasteiger partial charge in [0.2, 0.25) is 0 Å². The molecule has 0 unspecified atom stereocenters. The monoisotopic (exact) mass is 1300 g/mol. The Kier molecular flexibility index (Phi) is 162. The summed E-state index contributed by atoms with van der Waals surface area (Å²) in [5.74, 6) is -0.333. The summed E-state index contributed by atoms with van der Waals surface area (Å²) >= 11 is 0. The molecule has 13 heteroatoms. The second-order valence-corrected chi connectivity index (χ2v) is 2.15. The molecule has 0 fully saturated rings. The van der Waals surface area contributed by atoms with Crippen LogP contribution in [0.3, 0.4) is 0 Å². The van der Waals surface area contributed by atoms with Crippen LogP contribution < -0.4 is 119 Å². The fourth-order valence-corrected chi connectivity index (χ4v) is 0.614. The quantitative estimate of drug-likeness (QED) is 0.0830. The van der Waals surface area contributed by atoms with Crippen LogP contribution in [-0.4, -0.2) is 40.3 Å². The smallest absolute Gasteiger partial charge is 0.183 e. The van der Waals surface area contributed by atoms with Gasteiger partial charge in [0.1, 0.15) is 0 Å². The zero-order chi connectivity index (χ0) is 11.4. The van der Waals surface area contributed by atoms with E-state index < -0.39 is 0 Å². The number of rotatable bonds is 1. The minimum absolute atomic E-state index is 0. The van der Waals surface area contributed by atoms with Gasteiger partial charge in [-0.05, 0) is 12.6 Å². The molecule has 5 nitrogen and oxygen atoms in total. The second-order valence-electron chi connectivity index (χ2n) is 2.15. The molecule has 0 atom stereocenters. The Balaban J connectivity index is -0.0000000118. The standard InChI is InChI=1S/C7H9N.CH5N3.CH5N.7HI.Pb/c8-6-7-4-2-1-3-5-7;2-1(3)4;1-2;;;;;;;;/h1-5H,6,8H2;(H5,2,3,4);2H2,1H3;7*1H;/p-4. The number of hydrogen-bond donors (Lipinski definition) is 5. The Morgan fingerprint density at radius 3 is 1.23 bits per heavy atom. The van der Waals surface area contributed by atoms with E-state index in [1.165, 1.54) is 12.6 Å². The summed E-state index contributed by atoms with van der Waals surface area (Å²) in [6.45, 7) is 0.640. The summed E-state index contributed by atoms with van der Waals surface area (Å²) in [5.41, 5.74) is 20.0. The third kappa shape index (κ3) is 64.4. The largest absolute Gasteiger partial charge is 1.00 e. The fourth-order valence-electron chi connectivity index (χ4n) is 0.614. The Bertz CT molecular complexity index is 243. The van der Waals surface area contributed by atoms with E-state index in [4.69, 9.17) is 11.1 Å². The molecule has 0 aliphatic carbocycles. The summed E-state index contributed by atoms with van der Waals surface area (Å²) in [5, 5.41) is 6.06. The van der Waals surface area contributed by atoms with E-state index in [2.05, 4.69) is 17.2 Å². The first-order chi connectivity index (χ1) is 6.66. The number of nitrogens with one attached hydrogen (secondary N) is 1.